The van der Waals surface area contributed by atoms with Crippen LogP contribution in [0.4, 0.5) is 4.39 Å². The van der Waals surface area contributed by atoms with Crippen LogP contribution in [-0.4, -0.2) is 31.1 Å². The summed E-state index contributed by atoms with van der Waals surface area (Å²) in [5.74, 6) is 2.68. The van der Waals surface area contributed by atoms with Gasteiger partial charge in [-0.1, -0.05) is 25.7 Å². The Morgan fingerprint density at radius 3 is 2.46 bits per heavy atom. The van der Waals surface area contributed by atoms with E-state index < -0.39 is 0 Å². The zero-order chi connectivity index (χ0) is 17.8. The Morgan fingerprint density at radius 1 is 0.962 bits per heavy atom. The Kier molecular flexibility index (Phi) is 5.83. The second-order valence-electron chi connectivity index (χ2n) is 9.04. The van der Waals surface area contributed by atoms with Gasteiger partial charge in [0.2, 0.25) is 0 Å². The SMILES string of the molecule is Fc1ccc(OCCCN2CCC3(CCC4CCCCC4C3)CC2)cc1. The molecule has 2 saturated carbocycles. The van der Waals surface area contributed by atoms with Crippen molar-refractivity contribution in [2.24, 2.45) is 17.3 Å². The van der Waals surface area contributed by atoms with Crippen molar-refractivity contribution in [1.82, 2.24) is 4.90 Å². The highest BCUT2D eigenvalue weighted by molar-refractivity contribution is 5.21. The van der Waals surface area contributed by atoms with Gasteiger partial charge in [0, 0.05) is 6.54 Å². The number of hydrogen-bond donors (Lipinski definition) is 0. The van der Waals surface area contributed by atoms with Crippen LogP contribution in [0.3, 0.4) is 0 Å². The molecule has 3 aliphatic rings. The van der Waals surface area contributed by atoms with Gasteiger partial charge in [-0.2, -0.15) is 0 Å². The standard InChI is InChI=1S/C23H34FNO/c24-21-6-8-22(9-7-21)26-17-3-14-25-15-12-23(13-16-25)11-10-19-4-1-2-5-20(19)18-23/h6-9,19-20H,1-5,10-18H2. The van der Waals surface area contributed by atoms with Crippen molar-refractivity contribution in [3.8, 4) is 5.75 Å². The molecule has 144 valence electrons. The van der Waals surface area contributed by atoms with E-state index in [2.05, 4.69) is 4.90 Å². The van der Waals surface area contributed by atoms with Crippen LogP contribution in [0.15, 0.2) is 24.3 Å². The largest absolute Gasteiger partial charge is 0.494 e. The first kappa shape index (κ1) is 18.3. The molecule has 1 aliphatic heterocycles. The lowest BCUT2D eigenvalue weighted by Crippen LogP contribution is -2.45. The minimum absolute atomic E-state index is 0.207. The molecule has 0 radical (unpaired) electrons. The van der Waals surface area contributed by atoms with Crippen LogP contribution in [0.25, 0.3) is 0 Å². The van der Waals surface area contributed by atoms with Gasteiger partial charge >= 0.3 is 0 Å². The second kappa shape index (κ2) is 8.29. The molecule has 4 rings (SSSR count). The van der Waals surface area contributed by atoms with E-state index >= 15 is 0 Å². The zero-order valence-electron chi connectivity index (χ0n) is 16.1. The monoisotopic (exact) mass is 359 g/mol. The molecule has 1 aromatic carbocycles. The van der Waals surface area contributed by atoms with Crippen LogP contribution in [0.2, 0.25) is 0 Å². The third kappa shape index (κ3) is 4.42. The molecular weight excluding hydrogens is 325 g/mol. The fourth-order valence-electron chi connectivity index (χ4n) is 5.80. The molecule has 1 spiro atoms. The Balaban J connectivity index is 1.16. The molecule has 1 saturated heterocycles. The van der Waals surface area contributed by atoms with E-state index in [4.69, 9.17) is 4.74 Å². The van der Waals surface area contributed by atoms with E-state index in [0.29, 0.717) is 5.41 Å². The van der Waals surface area contributed by atoms with Gasteiger partial charge in [-0.25, -0.2) is 4.39 Å². The van der Waals surface area contributed by atoms with E-state index in [1.807, 2.05) is 0 Å². The Morgan fingerprint density at radius 2 is 1.69 bits per heavy atom. The number of nitrogens with zero attached hydrogens (tertiary/aromatic N) is 1. The van der Waals surface area contributed by atoms with Crippen molar-refractivity contribution in [2.45, 2.75) is 64.2 Å². The average Bonchev–Trinajstić information content (AvgIpc) is 2.68. The highest BCUT2D eigenvalue weighted by Crippen LogP contribution is 2.52. The third-order valence-electron chi connectivity index (χ3n) is 7.42. The molecule has 2 aliphatic carbocycles. The summed E-state index contributed by atoms with van der Waals surface area (Å²) < 4.78 is 18.6. The molecule has 0 aromatic heterocycles. The lowest BCUT2D eigenvalue weighted by molar-refractivity contribution is 0.00557. The Hall–Kier alpha value is -1.09. The maximum absolute atomic E-state index is 12.9. The number of fused-ring (bicyclic) bond motifs is 1. The predicted octanol–water partition coefficient (Wildman–Crippen LogP) is 5.67. The topological polar surface area (TPSA) is 12.5 Å². The van der Waals surface area contributed by atoms with Gasteiger partial charge in [-0.3, -0.25) is 0 Å². The van der Waals surface area contributed by atoms with Gasteiger partial charge in [0.05, 0.1) is 6.61 Å². The molecule has 0 N–H and O–H groups in total. The van der Waals surface area contributed by atoms with E-state index in [9.17, 15) is 4.39 Å². The number of hydrogen-bond acceptors (Lipinski definition) is 2. The minimum atomic E-state index is -0.207. The highest BCUT2D eigenvalue weighted by atomic mass is 19.1. The van der Waals surface area contributed by atoms with Gasteiger partial charge in [-0.05, 0) is 93.1 Å². The molecule has 3 fully saturated rings. The molecule has 2 atom stereocenters. The minimum Gasteiger partial charge on any atom is -0.494 e. The normalized spacial score (nSPS) is 28.7. The maximum Gasteiger partial charge on any atom is 0.123 e. The summed E-state index contributed by atoms with van der Waals surface area (Å²) in [5, 5.41) is 0. The molecule has 2 nitrogen and oxygen atoms in total. The first-order valence-corrected chi connectivity index (χ1v) is 10.8. The van der Waals surface area contributed by atoms with Crippen molar-refractivity contribution in [1.29, 1.82) is 0 Å². The van der Waals surface area contributed by atoms with Crippen LogP contribution < -0.4 is 4.74 Å². The van der Waals surface area contributed by atoms with E-state index in [1.165, 1.54) is 83.0 Å². The number of benzene rings is 1. The lowest BCUT2D eigenvalue weighted by atomic mass is 9.58. The third-order valence-corrected chi connectivity index (χ3v) is 7.42. The summed E-state index contributed by atoms with van der Waals surface area (Å²) in [6.07, 6.45) is 14.4. The van der Waals surface area contributed by atoms with Gasteiger partial charge < -0.3 is 9.64 Å². The van der Waals surface area contributed by atoms with Crippen molar-refractivity contribution in [3.63, 3.8) is 0 Å². The highest BCUT2D eigenvalue weighted by Gasteiger charge is 2.42. The predicted molar refractivity (Wildman–Crippen MR) is 104 cm³/mol. The van der Waals surface area contributed by atoms with Gasteiger partial charge in [0.1, 0.15) is 11.6 Å². The molecule has 2 unspecified atom stereocenters. The van der Waals surface area contributed by atoms with Crippen LogP contribution in [0.5, 0.6) is 5.75 Å². The first-order chi connectivity index (χ1) is 12.7. The summed E-state index contributed by atoms with van der Waals surface area (Å²) in [6.45, 7) is 4.39. The fourth-order valence-corrected chi connectivity index (χ4v) is 5.80. The van der Waals surface area contributed by atoms with Crippen LogP contribution >= 0.6 is 0 Å². The van der Waals surface area contributed by atoms with Crippen molar-refractivity contribution < 1.29 is 9.13 Å². The Bertz CT molecular complexity index is 564. The lowest BCUT2D eigenvalue weighted by Gasteiger charge is -2.50. The Labute approximate surface area is 158 Å². The molecule has 1 aromatic rings. The number of ether oxygens (including phenoxy) is 1. The summed E-state index contributed by atoms with van der Waals surface area (Å²) in [4.78, 5) is 2.63. The van der Waals surface area contributed by atoms with Crippen molar-refractivity contribution >= 4 is 0 Å². The van der Waals surface area contributed by atoms with Crippen LogP contribution in [0.1, 0.15) is 64.2 Å². The molecular formula is C23H34FNO. The van der Waals surface area contributed by atoms with E-state index in [0.717, 1.165) is 37.2 Å². The fraction of sp³-hybridized carbons (Fsp3) is 0.739. The summed E-state index contributed by atoms with van der Waals surface area (Å²) in [6, 6.07) is 6.34. The molecule has 0 bridgehead atoms. The number of likely N-dealkylation sites (tertiary alicyclic amines) is 1. The van der Waals surface area contributed by atoms with Gasteiger partial charge in [0.25, 0.3) is 0 Å². The maximum atomic E-state index is 12.9. The first-order valence-electron chi connectivity index (χ1n) is 10.8. The van der Waals surface area contributed by atoms with Crippen molar-refractivity contribution in [3.05, 3.63) is 30.1 Å². The number of halogens is 1. The zero-order valence-corrected chi connectivity index (χ0v) is 16.1. The van der Waals surface area contributed by atoms with E-state index in [-0.39, 0.29) is 5.82 Å². The van der Waals surface area contributed by atoms with Crippen LogP contribution in [-0.2, 0) is 0 Å². The average molecular weight is 360 g/mol. The smallest absolute Gasteiger partial charge is 0.123 e. The summed E-state index contributed by atoms with van der Waals surface area (Å²) in [7, 11) is 0. The van der Waals surface area contributed by atoms with Crippen molar-refractivity contribution in [2.75, 3.05) is 26.2 Å². The van der Waals surface area contributed by atoms with Gasteiger partial charge in [-0.15, -0.1) is 0 Å². The summed E-state index contributed by atoms with van der Waals surface area (Å²) in [5.41, 5.74) is 0.680. The quantitative estimate of drug-likeness (QED) is 0.628. The number of rotatable bonds is 5. The number of piperidine rings is 1. The molecule has 1 heterocycles. The second-order valence-corrected chi connectivity index (χ2v) is 9.04. The molecule has 3 heteroatoms. The molecule has 0 amide bonds. The van der Waals surface area contributed by atoms with Crippen LogP contribution in [0, 0.1) is 23.1 Å². The van der Waals surface area contributed by atoms with Gasteiger partial charge in [0.15, 0.2) is 0 Å². The summed E-state index contributed by atoms with van der Waals surface area (Å²) >= 11 is 0. The molecule has 26 heavy (non-hydrogen) atoms. The van der Waals surface area contributed by atoms with E-state index in [1.54, 1.807) is 12.1 Å².